The molecular weight excluding hydrogens is 368 g/mol. The van der Waals surface area contributed by atoms with Gasteiger partial charge in [-0.2, -0.15) is 0 Å². The molecule has 2 aromatic rings. The van der Waals surface area contributed by atoms with Gasteiger partial charge in [-0.1, -0.05) is 6.07 Å². The van der Waals surface area contributed by atoms with Crippen molar-refractivity contribution in [3.05, 3.63) is 53.9 Å². The summed E-state index contributed by atoms with van der Waals surface area (Å²) in [5.41, 5.74) is 2.67. The van der Waals surface area contributed by atoms with Gasteiger partial charge in [0.25, 0.3) is 0 Å². The van der Waals surface area contributed by atoms with Crippen LogP contribution >= 0.6 is 0 Å². The Labute approximate surface area is 157 Å². The van der Waals surface area contributed by atoms with Gasteiger partial charge in [0.15, 0.2) is 0 Å². The molecule has 3 rings (SSSR count). The number of sulfonamides is 1. The quantitative estimate of drug-likeness (QED) is 0.761. The van der Waals surface area contributed by atoms with Crippen LogP contribution in [0.4, 0.5) is 11.4 Å². The van der Waals surface area contributed by atoms with E-state index in [2.05, 4.69) is 15.6 Å². The molecule has 9 heteroatoms. The molecule has 2 heterocycles. The molecule has 0 spiro atoms. The van der Waals surface area contributed by atoms with Gasteiger partial charge >= 0.3 is 11.8 Å². The summed E-state index contributed by atoms with van der Waals surface area (Å²) >= 11 is 0. The molecule has 1 aliphatic heterocycles. The number of aromatic nitrogens is 1. The number of aryl methyl sites for hydroxylation is 1. The molecule has 2 amide bonds. The standard InChI is InChI=1S/C18H20N4O4S/c1-27(25,26)22-9-3-5-14-10-15(6-7-16(14)22)21-18(24)17(23)20-12-13-4-2-8-19-11-13/h2,4,6-8,10-11H,3,5,9,12H2,1H3,(H,20,23)(H,21,24). The summed E-state index contributed by atoms with van der Waals surface area (Å²) < 4.78 is 25.1. The highest BCUT2D eigenvalue weighted by atomic mass is 32.2. The number of pyridine rings is 1. The monoisotopic (exact) mass is 388 g/mol. The van der Waals surface area contributed by atoms with E-state index in [1.165, 1.54) is 10.6 Å². The van der Waals surface area contributed by atoms with Crippen LogP contribution in [0.1, 0.15) is 17.5 Å². The second kappa shape index (κ2) is 7.75. The van der Waals surface area contributed by atoms with E-state index in [-0.39, 0.29) is 6.54 Å². The van der Waals surface area contributed by atoms with Crippen molar-refractivity contribution in [3.63, 3.8) is 0 Å². The molecule has 0 saturated heterocycles. The van der Waals surface area contributed by atoms with Crippen molar-refractivity contribution in [2.45, 2.75) is 19.4 Å². The highest BCUT2D eigenvalue weighted by molar-refractivity contribution is 7.92. The van der Waals surface area contributed by atoms with Crippen LogP contribution in [0.25, 0.3) is 0 Å². The summed E-state index contributed by atoms with van der Waals surface area (Å²) in [6.45, 7) is 0.641. The van der Waals surface area contributed by atoms with Crippen molar-refractivity contribution in [2.24, 2.45) is 0 Å². The maximum absolute atomic E-state index is 12.1. The predicted molar refractivity (Wildman–Crippen MR) is 102 cm³/mol. The Kier molecular flexibility index (Phi) is 5.41. The van der Waals surface area contributed by atoms with E-state index < -0.39 is 21.8 Å². The highest BCUT2D eigenvalue weighted by Gasteiger charge is 2.24. The van der Waals surface area contributed by atoms with Crippen molar-refractivity contribution < 1.29 is 18.0 Å². The van der Waals surface area contributed by atoms with E-state index >= 15 is 0 Å². The lowest BCUT2D eigenvalue weighted by atomic mass is 10.0. The van der Waals surface area contributed by atoms with Crippen LogP contribution in [-0.2, 0) is 32.6 Å². The lowest BCUT2D eigenvalue weighted by molar-refractivity contribution is -0.136. The maximum atomic E-state index is 12.1. The first-order valence-electron chi connectivity index (χ1n) is 8.43. The van der Waals surface area contributed by atoms with E-state index in [9.17, 15) is 18.0 Å². The van der Waals surface area contributed by atoms with Gasteiger partial charge < -0.3 is 10.6 Å². The number of carbonyl (C=O) groups is 2. The number of hydrogen-bond donors (Lipinski definition) is 2. The third-order valence-electron chi connectivity index (χ3n) is 4.20. The van der Waals surface area contributed by atoms with E-state index in [0.29, 0.717) is 30.8 Å². The van der Waals surface area contributed by atoms with Crippen LogP contribution in [0.5, 0.6) is 0 Å². The molecule has 27 heavy (non-hydrogen) atoms. The average Bonchev–Trinajstić information content (AvgIpc) is 2.65. The molecule has 2 N–H and O–H groups in total. The number of carbonyl (C=O) groups excluding carboxylic acids is 2. The molecule has 0 atom stereocenters. The Morgan fingerprint density at radius 1 is 1.22 bits per heavy atom. The lowest BCUT2D eigenvalue weighted by Crippen LogP contribution is -2.35. The third kappa shape index (κ3) is 4.62. The fourth-order valence-electron chi connectivity index (χ4n) is 2.94. The molecule has 142 valence electrons. The average molecular weight is 388 g/mol. The van der Waals surface area contributed by atoms with Crippen LogP contribution < -0.4 is 14.9 Å². The second-order valence-corrected chi connectivity index (χ2v) is 8.19. The lowest BCUT2D eigenvalue weighted by Gasteiger charge is -2.29. The first-order valence-corrected chi connectivity index (χ1v) is 10.3. The molecule has 0 fully saturated rings. The number of benzene rings is 1. The van der Waals surface area contributed by atoms with Gasteiger partial charge in [-0.15, -0.1) is 0 Å². The van der Waals surface area contributed by atoms with Crippen LogP contribution in [-0.4, -0.2) is 38.0 Å². The molecule has 0 bridgehead atoms. The molecular formula is C18H20N4O4S. The topological polar surface area (TPSA) is 108 Å². The number of hydrogen-bond acceptors (Lipinski definition) is 5. The van der Waals surface area contributed by atoms with Gasteiger partial charge in [0.2, 0.25) is 10.0 Å². The zero-order chi connectivity index (χ0) is 19.4. The summed E-state index contributed by atoms with van der Waals surface area (Å²) in [4.78, 5) is 28.0. The minimum absolute atomic E-state index is 0.202. The van der Waals surface area contributed by atoms with Crippen molar-refractivity contribution >= 4 is 33.2 Å². The summed E-state index contributed by atoms with van der Waals surface area (Å²) in [7, 11) is -3.35. The van der Waals surface area contributed by atoms with Crippen molar-refractivity contribution in [1.82, 2.24) is 10.3 Å². The Hall–Kier alpha value is -2.94. The molecule has 0 radical (unpaired) electrons. The van der Waals surface area contributed by atoms with Crippen LogP contribution in [0.2, 0.25) is 0 Å². The Balaban J connectivity index is 1.65. The zero-order valence-corrected chi connectivity index (χ0v) is 15.6. The van der Waals surface area contributed by atoms with E-state index in [4.69, 9.17) is 0 Å². The number of nitrogens with zero attached hydrogens (tertiary/aromatic N) is 2. The van der Waals surface area contributed by atoms with Gasteiger partial charge in [-0.05, 0) is 48.2 Å². The SMILES string of the molecule is CS(=O)(=O)N1CCCc2cc(NC(=O)C(=O)NCc3cccnc3)ccc21. The fourth-order valence-corrected chi connectivity index (χ4v) is 3.93. The maximum Gasteiger partial charge on any atom is 0.313 e. The van der Waals surface area contributed by atoms with Gasteiger partial charge in [0.05, 0.1) is 11.9 Å². The van der Waals surface area contributed by atoms with E-state index in [0.717, 1.165) is 11.1 Å². The number of amides is 2. The highest BCUT2D eigenvalue weighted by Crippen LogP contribution is 2.31. The number of rotatable bonds is 4. The molecule has 8 nitrogen and oxygen atoms in total. The smallest absolute Gasteiger partial charge is 0.313 e. The predicted octanol–water partition coefficient (Wildman–Crippen LogP) is 1.05. The molecule has 0 saturated carbocycles. The second-order valence-electron chi connectivity index (χ2n) is 6.28. The Morgan fingerprint density at radius 3 is 2.74 bits per heavy atom. The van der Waals surface area contributed by atoms with Gasteiger partial charge in [0.1, 0.15) is 0 Å². The third-order valence-corrected chi connectivity index (χ3v) is 5.38. The normalized spacial score (nSPS) is 13.6. The molecule has 1 aliphatic rings. The first kappa shape index (κ1) is 18.8. The van der Waals surface area contributed by atoms with Gasteiger partial charge in [-0.3, -0.25) is 18.9 Å². The van der Waals surface area contributed by atoms with Crippen LogP contribution in [0.15, 0.2) is 42.7 Å². The van der Waals surface area contributed by atoms with Crippen LogP contribution in [0, 0.1) is 0 Å². The minimum atomic E-state index is -3.35. The first-order chi connectivity index (χ1) is 12.8. The van der Waals surface area contributed by atoms with Gasteiger partial charge in [0, 0.05) is 31.2 Å². The summed E-state index contributed by atoms with van der Waals surface area (Å²) in [5.74, 6) is -1.54. The fraction of sp³-hybridized carbons (Fsp3) is 0.278. The van der Waals surface area contributed by atoms with Crippen molar-refractivity contribution in [2.75, 3.05) is 22.4 Å². The summed E-state index contributed by atoms with van der Waals surface area (Å²) in [6, 6.07) is 8.49. The zero-order valence-electron chi connectivity index (χ0n) is 14.8. The largest absolute Gasteiger partial charge is 0.344 e. The molecule has 1 aromatic carbocycles. The Bertz CT molecular complexity index is 961. The number of anilines is 2. The molecule has 0 unspecified atom stereocenters. The minimum Gasteiger partial charge on any atom is -0.344 e. The van der Waals surface area contributed by atoms with Crippen LogP contribution in [0.3, 0.4) is 0 Å². The van der Waals surface area contributed by atoms with Crippen molar-refractivity contribution in [1.29, 1.82) is 0 Å². The van der Waals surface area contributed by atoms with Gasteiger partial charge in [-0.25, -0.2) is 8.42 Å². The van der Waals surface area contributed by atoms with E-state index in [1.807, 2.05) is 0 Å². The summed E-state index contributed by atoms with van der Waals surface area (Å²) in [5, 5.41) is 5.08. The number of fused-ring (bicyclic) bond motifs is 1. The number of nitrogens with one attached hydrogen (secondary N) is 2. The van der Waals surface area contributed by atoms with Crippen molar-refractivity contribution in [3.8, 4) is 0 Å². The molecule has 0 aliphatic carbocycles. The summed E-state index contributed by atoms with van der Waals surface area (Å²) in [6.07, 6.45) is 5.81. The Morgan fingerprint density at radius 2 is 2.04 bits per heavy atom. The molecule has 1 aromatic heterocycles. The van der Waals surface area contributed by atoms with E-state index in [1.54, 1.807) is 42.7 Å².